The minimum Gasteiger partial charge on any atom is -0.506 e. The van der Waals surface area contributed by atoms with E-state index in [1.54, 1.807) is 0 Å². The number of aromatic nitrogens is 3. The van der Waals surface area contributed by atoms with Crippen LogP contribution in [0.25, 0.3) is 10.8 Å². The van der Waals surface area contributed by atoms with E-state index < -0.39 is 82.9 Å². The Bertz CT molecular complexity index is 3320. The Morgan fingerprint density at radius 3 is 1.77 bits per heavy atom. The Morgan fingerprint density at radius 1 is 0.557 bits per heavy atom. The van der Waals surface area contributed by atoms with E-state index in [9.17, 15) is 62.1 Å². The largest absolute Gasteiger partial charge is 0.506 e. The first-order chi connectivity index (χ1) is 28.3. The molecule has 0 saturated carbocycles. The summed E-state index contributed by atoms with van der Waals surface area (Å²) < 4.78 is 135. The molecule has 0 saturated heterocycles. The quantitative estimate of drug-likeness (QED) is 0.0438. The van der Waals surface area contributed by atoms with Gasteiger partial charge in [0.2, 0.25) is 16.5 Å². The maximum atomic E-state index is 12.5. The van der Waals surface area contributed by atoms with Crippen molar-refractivity contribution in [2.45, 2.75) is 26.5 Å². The zero-order chi connectivity index (χ0) is 44.8. The van der Waals surface area contributed by atoms with Crippen LogP contribution >= 0.6 is 23.2 Å². The van der Waals surface area contributed by atoms with Crippen molar-refractivity contribution >= 4 is 120 Å². The highest BCUT2D eigenvalue weighted by Gasteiger charge is 2.24. The predicted octanol–water partition coefficient (Wildman–Crippen LogP) is 7.36. The Kier molecular flexibility index (Phi) is 12.0. The molecular formula is C32H23Cl2N9O14S4. The summed E-state index contributed by atoms with van der Waals surface area (Å²) in [5.41, 5.74) is -1.67. The lowest BCUT2D eigenvalue weighted by atomic mass is 10.1. The van der Waals surface area contributed by atoms with Gasteiger partial charge in [-0.25, -0.2) is 0 Å². The highest BCUT2D eigenvalue weighted by Crippen LogP contribution is 2.44. The molecule has 29 heteroatoms. The third-order valence-corrected chi connectivity index (χ3v) is 11.9. The molecule has 0 fully saturated rings. The van der Waals surface area contributed by atoms with E-state index in [0.29, 0.717) is 18.2 Å². The van der Waals surface area contributed by atoms with Gasteiger partial charge in [-0.3, -0.25) is 18.2 Å². The van der Waals surface area contributed by atoms with Gasteiger partial charge in [0.15, 0.2) is 5.75 Å². The molecule has 0 atom stereocenters. The van der Waals surface area contributed by atoms with Crippen molar-refractivity contribution < 1.29 is 62.1 Å². The first kappa shape index (κ1) is 44.5. The van der Waals surface area contributed by atoms with Gasteiger partial charge in [0.25, 0.3) is 40.5 Å². The molecule has 0 aliphatic rings. The van der Waals surface area contributed by atoms with Crippen molar-refractivity contribution in [2.24, 2.45) is 20.5 Å². The smallest absolute Gasteiger partial charge is 0.296 e. The van der Waals surface area contributed by atoms with E-state index in [0.717, 1.165) is 24.3 Å². The number of aromatic hydroxyl groups is 2. The van der Waals surface area contributed by atoms with Gasteiger partial charge in [0, 0.05) is 22.8 Å². The first-order valence-corrected chi connectivity index (χ1v) is 22.6. The van der Waals surface area contributed by atoms with Crippen LogP contribution in [0.3, 0.4) is 0 Å². The molecule has 0 spiro atoms. The fraction of sp³-hybridized carbons (Fsp3) is 0.0312. The molecule has 318 valence electrons. The number of hydrogen-bond donors (Lipinski definition) is 8. The molecule has 8 N–H and O–H groups in total. The molecule has 0 unspecified atom stereocenters. The van der Waals surface area contributed by atoms with E-state index in [4.69, 9.17) is 23.2 Å². The zero-order valence-electron chi connectivity index (χ0n) is 29.9. The summed E-state index contributed by atoms with van der Waals surface area (Å²) in [6, 6.07) is 12.7. The van der Waals surface area contributed by atoms with Crippen molar-refractivity contribution in [3.05, 3.63) is 88.9 Å². The normalized spacial score (nSPS) is 12.7. The van der Waals surface area contributed by atoms with E-state index in [2.05, 4.69) is 46.0 Å². The Balaban J connectivity index is 1.32. The number of nitrogens with one attached hydrogen (secondary N) is 2. The Labute approximate surface area is 353 Å². The number of halogens is 2. The number of fused-ring (bicyclic) bond motifs is 1. The molecule has 5 aromatic carbocycles. The maximum Gasteiger partial charge on any atom is 0.296 e. The van der Waals surface area contributed by atoms with Gasteiger partial charge in [-0.15, -0.1) is 15.3 Å². The third kappa shape index (κ3) is 10.3. The predicted molar refractivity (Wildman–Crippen MR) is 215 cm³/mol. The van der Waals surface area contributed by atoms with Gasteiger partial charge < -0.3 is 20.8 Å². The lowest BCUT2D eigenvalue weighted by molar-refractivity contribution is 0.471. The molecule has 61 heavy (non-hydrogen) atoms. The molecule has 0 aliphatic heterocycles. The lowest BCUT2D eigenvalue weighted by Gasteiger charge is -2.14. The second kappa shape index (κ2) is 16.5. The Hall–Kier alpha value is -6.01. The van der Waals surface area contributed by atoms with Crippen molar-refractivity contribution in [3.63, 3.8) is 0 Å². The minimum absolute atomic E-state index is 0.0126. The SMILES string of the molecule is Cc1cc(N=Nc2c(S(=O)(=O)O)cc3cc(Nc4ccc(Nc5nc(Cl)nc(Cl)n5)c(S(=O)(=O)O)c4)ccc3c2O)c(O)cc1N=Nc1cc(S(=O)(=O)O)ccc1S(=O)(=O)O. The monoisotopic (exact) mass is 955 g/mol. The highest BCUT2D eigenvalue weighted by atomic mass is 35.5. The molecule has 6 rings (SSSR count). The third-order valence-electron chi connectivity index (χ3n) is 8.03. The number of rotatable bonds is 12. The molecular weight excluding hydrogens is 934 g/mol. The van der Waals surface area contributed by atoms with Crippen LogP contribution in [0.5, 0.6) is 11.5 Å². The average molecular weight is 957 g/mol. The molecule has 0 aliphatic carbocycles. The van der Waals surface area contributed by atoms with E-state index in [1.165, 1.54) is 37.3 Å². The van der Waals surface area contributed by atoms with E-state index in [1.807, 2.05) is 0 Å². The number of azo groups is 2. The summed E-state index contributed by atoms with van der Waals surface area (Å²) in [5.74, 6) is -1.70. The van der Waals surface area contributed by atoms with Gasteiger partial charge in [-0.1, -0.05) is 0 Å². The van der Waals surface area contributed by atoms with Crippen molar-refractivity contribution in [1.82, 2.24) is 15.0 Å². The number of anilines is 4. The summed E-state index contributed by atoms with van der Waals surface area (Å²) in [6.45, 7) is 1.41. The minimum atomic E-state index is -5.14. The van der Waals surface area contributed by atoms with Crippen LogP contribution in [0.15, 0.2) is 113 Å². The average Bonchev–Trinajstić information content (AvgIpc) is 3.13. The summed E-state index contributed by atoms with van der Waals surface area (Å²) in [4.78, 5) is 7.95. The first-order valence-electron chi connectivity index (χ1n) is 16.0. The molecule has 1 heterocycles. The van der Waals surface area contributed by atoms with Gasteiger partial charge in [0.05, 0.1) is 16.3 Å². The molecule has 0 radical (unpaired) electrons. The van der Waals surface area contributed by atoms with Gasteiger partial charge in [-0.05, 0) is 108 Å². The van der Waals surface area contributed by atoms with Crippen LogP contribution in [0, 0.1) is 6.92 Å². The van der Waals surface area contributed by atoms with Crippen LogP contribution < -0.4 is 10.6 Å². The van der Waals surface area contributed by atoms with Crippen LogP contribution in [0.1, 0.15) is 5.56 Å². The fourth-order valence-electron chi connectivity index (χ4n) is 5.33. The van der Waals surface area contributed by atoms with Gasteiger partial charge in [-0.2, -0.15) is 53.7 Å². The second-order valence-corrected chi connectivity index (χ2v) is 18.5. The number of aryl methyl sites for hydroxylation is 1. The summed E-state index contributed by atoms with van der Waals surface area (Å²) in [5, 5.41) is 41.7. The summed E-state index contributed by atoms with van der Waals surface area (Å²) in [6.07, 6.45) is 0. The number of hydrogen-bond acceptors (Lipinski definition) is 19. The number of phenols is 2. The van der Waals surface area contributed by atoms with Crippen LogP contribution in [-0.4, -0.2) is 77.0 Å². The molecule has 0 bridgehead atoms. The van der Waals surface area contributed by atoms with Crippen molar-refractivity contribution in [3.8, 4) is 11.5 Å². The molecule has 23 nitrogen and oxygen atoms in total. The molecule has 6 aromatic rings. The number of nitrogens with zero attached hydrogens (tertiary/aromatic N) is 7. The summed E-state index contributed by atoms with van der Waals surface area (Å²) >= 11 is 11.6. The fourth-order valence-corrected chi connectivity index (χ4v) is 8.13. The van der Waals surface area contributed by atoms with Crippen LogP contribution in [-0.2, 0) is 40.5 Å². The van der Waals surface area contributed by atoms with Crippen molar-refractivity contribution in [1.29, 1.82) is 0 Å². The Morgan fingerprint density at radius 2 is 1.15 bits per heavy atom. The van der Waals surface area contributed by atoms with E-state index >= 15 is 0 Å². The van der Waals surface area contributed by atoms with Crippen LogP contribution in [0.4, 0.5) is 45.8 Å². The topological polar surface area (TPSA) is 370 Å². The standard InChI is InChI=1S/C32H23Cl2N9O14S4/c1-14-8-22(24(44)13-21(14)40-42-23-12-18(58(46,47)48)4-7-25(23)59(49,50)51)41-43-28-27(61(55,56)57)10-15-9-16(2-5-19(15)29(28)45)35-17-3-6-20(26(11-17)60(52,53)54)36-32-38-30(33)37-31(34)39-32/h2-13,35,44-45H,1H3,(H,46,47,48)(H,49,50,51)(H,52,53,54)(H,55,56,57)(H,36,37,38,39). The van der Waals surface area contributed by atoms with Crippen molar-refractivity contribution in [2.75, 3.05) is 10.6 Å². The van der Waals surface area contributed by atoms with Gasteiger partial charge >= 0.3 is 0 Å². The zero-order valence-corrected chi connectivity index (χ0v) is 34.7. The lowest BCUT2D eigenvalue weighted by Crippen LogP contribution is -2.07. The number of benzene rings is 5. The number of phenolic OH excluding ortho intramolecular Hbond substituents is 2. The maximum absolute atomic E-state index is 12.5. The summed E-state index contributed by atoms with van der Waals surface area (Å²) in [7, 11) is -19.8. The second-order valence-electron chi connectivity index (χ2n) is 12.2. The molecule has 0 amide bonds. The molecule has 1 aromatic heterocycles. The van der Waals surface area contributed by atoms with Gasteiger partial charge in [0.1, 0.15) is 37.5 Å². The van der Waals surface area contributed by atoms with Crippen LogP contribution in [0.2, 0.25) is 10.6 Å². The van der Waals surface area contributed by atoms with E-state index in [-0.39, 0.29) is 61.3 Å². The highest BCUT2D eigenvalue weighted by molar-refractivity contribution is 7.86.